The maximum Gasteiger partial charge on any atom is 0.0582 e. The molecule has 2 unspecified atom stereocenters. The molecule has 0 aromatic rings. The molecule has 0 spiro atoms. The second-order valence-corrected chi connectivity index (χ2v) is 3.67. The number of nitrogens with two attached hydrogens (primary N) is 2. The number of carboxylic acids is 4. The van der Waals surface area contributed by atoms with Crippen molar-refractivity contribution in [3.8, 4) is 0 Å². The Balaban J connectivity index is 0. The summed E-state index contributed by atoms with van der Waals surface area (Å²) in [5, 5.41) is 39.2. The van der Waals surface area contributed by atoms with Gasteiger partial charge in [-0.2, -0.15) is 0 Å². The maximum absolute atomic E-state index is 9.86. The predicted octanol–water partition coefficient (Wildman–Crippen LogP) is -6.81. The summed E-state index contributed by atoms with van der Waals surface area (Å²) >= 11 is 0. The molecule has 0 heterocycles. The van der Waals surface area contributed by atoms with Crippen LogP contribution in [0.1, 0.15) is 25.7 Å². The lowest BCUT2D eigenvalue weighted by atomic mass is 10.2. The van der Waals surface area contributed by atoms with Crippen molar-refractivity contribution in [1.29, 1.82) is 0 Å². The van der Waals surface area contributed by atoms with Crippen LogP contribution < -0.4 is 31.9 Å². The van der Waals surface area contributed by atoms with Crippen molar-refractivity contribution in [3.63, 3.8) is 0 Å². The maximum atomic E-state index is 9.86. The molecule has 0 rings (SSSR count). The van der Waals surface area contributed by atoms with Gasteiger partial charge in [-0.15, -0.1) is 0 Å². The molecule has 0 amide bonds. The number of aliphatic carboxylic acids is 4. The average molecular weight is 290 g/mol. The van der Waals surface area contributed by atoms with Crippen molar-refractivity contribution in [1.82, 2.24) is 0 Å². The number of carbonyl (C=O) groups excluding carboxylic acids is 4. The third-order valence-electron chi connectivity index (χ3n) is 1.92. The third kappa shape index (κ3) is 13.9. The van der Waals surface area contributed by atoms with E-state index in [2.05, 4.69) is 0 Å². The van der Waals surface area contributed by atoms with E-state index in [1.54, 1.807) is 0 Å². The van der Waals surface area contributed by atoms with Gasteiger partial charge in [-0.1, -0.05) is 0 Å². The van der Waals surface area contributed by atoms with E-state index >= 15 is 0 Å². The first kappa shape index (κ1) is 20.1. The summed E-state index contributed by atoms with van der Waals surface area (Å²) in [5.74, 6) is -5.50. The van der Waals surface area contributed by atoms with Gasteiger partial charge in [0, 0.05) is 24.0 Å². The first-order chi connectivity index (χ1) is 9.07. The fourth-order valence-corrected chi connectivity index (χ4v) is 0.782. The molecule has 116 valence electrons. The van der Waals surface area contributed by atoms with E-state index in [9.17, 15) is 39.6 Å². The molecule has 0 aromatic heterocycles. The highest BCUT2D eigenvalue weighted by molar-refractivity contribution is 5.72. The van der Waals surface area contributed by atoms with Gasteiger partial charge in [0.15, 0.2) is 0 Å². The van der Waals surface area contributed by atoms with Gasteiger partial charge in [0.25, 0.3) is 0 Å². The largest absolute Gasteiger partial charge is 0.550 e. The van der Waals surface area contributed by atoms with Gasteiger partial charge in [-0.3, -0.25) is 0 Å². The number of hydrogen-bond acceptors (Lipinski definition) is 10. The molecule has 0 aliphatic carbocycles. The zero-order valence-corrected chi connectivity index (χ0v) is 10.4. The van der Waals surface area contributed by atoms with Crippen LogP contribution in [0.3, 0.4) is 0 Å². The zero-order valence-electron chi connectivity index (χ0n) is 10.4. The Bertz CT molecular complexity index is 323. The molecule has 0 saturated carbocycles. The van der Waals surface area contributed by atoms with Gasteiger partial charge in [0.2, 0.25) is 0 Å². The molecule has 0 bridgehead atoms. The van der Waals surface area contributed by atoms with Gasteiger partial charge in [-0.25, -0.2) is 0 Å². The third-order valence-corrected chi connectivity index (χ3v) is 1.92. The second-order valence-electron chi connectivity index (χ2n) is 3.67. The summed E-state index contributed by atoms with van der Waals surface area (Å²) < 4.78 is 0. The van der Waals surface area contributed by atoms with E-state index in [0.29, 0.717) is 0 Å². The summed E-state index contributed by atoms with van der Waals surface area (Å²) in [5.41, 5.74) is 9.82. The van der Waals surface area contributed by atoms with E-state index in [4.69, 9.17) is 11.5 Å². The molecule has 4 N–H and O–H groups in total. The van der Waals surface area contributed by atoms with Crippen molar-refractivity contribution in [2.75, 3.05) is 0 Å². The van der Waals surface area contributed by atoms with Crippen molar-refractivity contribution in [3.05, 3.63) is 0 Å². The lowest BCUT2D eigenvalue weighted by Gasteiger charge is -2.11. The van der Waals surface area contributed by atoms with Crippen LogP contribution in [0.15, 0.2) is 0 Å². The Morgan fingerprint density at radius 2 is 0.950 bits per heavy atom. The lowest BCUT2D eigenvalue weighted by Crippen LogP contribution is -2.42. The first-order valence-electron chi connectivity index (χ1n) is 5.40. The summed E-state index contributed by atoms with van der Waals surface area (Å²) in [6.45, 7) is 0. The molecule has 0 aliphatic heterocycles. The van der Waals surface area contributed by atoms with E-state index in [0.717, 1.165) is 0 Å². The fraction of sp³-hybridized carbons (Fsp3) is 0.600. The van der Waals surface area contributed by atoms with Crippen molar-refractivity contribution >= 4 is 23.9 Å². The number of carboxylic acid groups (broad SMARTS) is 4. The van der Waals surface area contributed by atoms with Gasteiger partial charge in [-0.05, 0) is 25.7 Å². The van der Waals surface area contributed by atoms with Crippen LogP contribution in [-0.4, -0.2) is 36.0 Å². The average Bonchev–Trinajstić information content (AvgIpc) is 2.33. The molecule has 0 radical (unpaired) electrons. The molecule has 0 saturated heterocycles. The van der Waals surface area contributed by atoms with Crippen LogP contribution >= 0.6 is 0 Å². The highest BCUT2D eigenvalue weighted by Gasteiger charge is 2.02. The quantitative estimate of drug-likeness (QED) is 0.430. The van der Waals surface area contributed by atoms with E-state index in [-0.39, 0.29) is 25.7 Å². The molecule has 10 heteroatoms. The standard InChI is InChI=1S/2C5H9NO4/c2*6-3(5(9)10)1-2-4(7)8/h2*3H,1-2,6H2,(H,7,8)(H,9,10)/p-4. The van der Waals surface area contributed by atoms with Crippen molar-refractivity contribution in [2.24, 2.45) is 11.5 Å². The van der Waals surface area contributed by atoms with Crippen LogP contribution in [0, 0.1) is 0 Å². The summed E-state index contributed by atoms with van der Waals surface area (Å²) in [6, 6.07) is -2.42. The second kappa shape index (κ2) is 10.7. The van der Waals surface area contributed by atoms with Crippen LogP contribution in [-0.2, 0) is 19.2 Å². The highest BCUT2D eigenvalue weighted by atomic mass is 16.4. The fourth-order valence-electron chi connectivity index (χ4n) is 0.782. The number of rotatable bonds is 8. The number of carbonyl (C=O) groups is 4. The molecular formula is C10H14N2O8-4. The molecule has 0 aromatic carbocycles. The van der Waals surface area contributed by atoms with Gasteiger partial charge in [0.05, 0.1) is 11.9 Å². The molecular weight excluding hydrogens is 276 g/mol. The van der Waals surface area contributed by atoms with E-state index < -0.39 is 36.0 Å². The molecule has 2 atom stereocenters. The normalized spacial score (nSPS) is 12.5. The Hall–Kier alpha value is -2.20. The van der Waals surface area contributed by atoms with Gasteiger partial charge < -0.3 is 51.1 Å². The smallest absolute Gasteiger partial charge is 0.0582 e. The Morgan fingerprint density at radius 1 is 0.700 bits per heavy atom. The Labute approximate surface area is 114 Å². The van der Waals surface area contributed by atoms with E-state index in [1.807, 2.05) is 0 Å². The Kier molecular flexibility index (Phi) is 10.8. The highest BCUT2D eigenvalue weighted by Crippen LogP contribution is 1.91. The zero-order chi connectivity index (χ0) is 16.3. The number of hydrogen-bond donors (Lipinski definition) is 2. The molecule has 0 aliphatic rings. The van der Waals surface area contributed by atoms with Crippen molar-refractivity contribution < 1.29 is 39.6 Å². The minimum absolute atomic E-state index is 0.148. The van der Waals surface area contributed by atoms with Crippen LogP contribution in [0.4, 0.5) is 0 Å². The summed E-state index contributed by atoms with van der Waals surface area (Å²) in [6.07, 6.45) is -1.00. The van der Waals surface area contributed by atoms with Gasteiger partial charge >= 0.3 is 0 Å². The lowest BCUT2D eigenvalue weighted by molar-refractivity contribution is -0.311. The Morgan fingerprint density at radius 3 is 1.10 bits per heavy atom. The predicted molar refractivity (Wildman–Crippen MR) is 54.4 cm³/mol. The summed E-state index contributed by atoms with van der Waals surface area (Å²) in [7, 11) is 0. The van der Waals surface area contributed by atoms with Crippen LogP contribution in [0.5, 0.6) is 0 Å². The van der Waals surface area contributed by atoms with Crippen LogP contribution in [0.25, 0.3) is 0 Å². The van der Waals surface area contributed by atoms with Gasteiger partial charge in [0.1, 0.15) is 0 Å². The monoisotopic (exact) mass is 290 g/mol. The molecule has 0 fully saturated rings. The summed E-state index contributed by atoms with van der Waals surface area (Å²) in [4.78, 5) is 39.2. The van der Waals surface area contributed by atoms with Crippen molar-refractivity contribution in [2.45, 2.75) is 37.8 Å². The first-order valence-corrected chi connectivity index (χ1v) is 5.40. The molecule has 10 nitrogen and oxygen atoms in total. The minimum Gasteiger partial charge on any atom is -0.550 e. The topological polar surface area (TPSA) is 213 Å². The SMILES string of the molecule is NC(CCC(=O)[O-])C(=O)[O-].NC(CCC(=O)[O-])C(=O)[O-]. The minimum atomic E-state index is -1.44. The molecule has 20 heavy (non-hydrogen) atoms. The van der Waals surface area contributed by atoms with Crippen LogP contribution in [0.2, 0.25) is 0 Å². The van der Waals surface area contributed by atoms with E-state index in [1.165, 1.54) is 0 Å².